The molecule has 0 atom stereocenters. The van der Waals surface area contributed by atoms with Crippen LogP contribution >= 0.6 is 0 Å². The predicted octanol–water partition coefficient (Wildman–Crippen LogP) is 1.23. The van der Waals surface area contributed by atoms with Crippen molar-refractivity contribution < 1.29 is 9.31 Å². The Kier molecular flexibility index (Phi) is 3.50. The highest BCUT2D eigenvalue weighted by Gasteiger charge is 2.16. The first-order valence-corrected chi connectivity index (χ1v) is 3.85. The molecular weight excluding hydrogens is 165 g/mol. The molecule has 0 saturated heterocycles. The Morgan fingerprint density at radius 1 is 1.15 bits per heavy atom. The molecule has 0 saturated carbocycles. The largest absolute Gasteiger partial charge is 0.493 e. The average Bonchev–Trinajstić information content (AvgIpc) is 2.21. The molecule has 0 radical (unpaired) electrons. The van der Waals surface area contributed by atoms with Crippen molar-refractivity contribution in [3.8, 4) is 0 Å². The van der Waals surface area contributed by atoms with Gasteiger partial charge in [0.05, 0.1) is 6.57 Å². The fourth-order valence-electron chi connectivity index (χ4n) is 1.07. The van der Waals surface area contributed by atoms with Crippen molar-refractivity contribution in [2.75, 3.05) is 14.2 Å². The smallest absolute Gasteiger partial charge is 0.410 e. The summed E-state index contributed by atoms with van der Waals surface area (Å²) in [5.74, 6) is 0. The van der Waals surface area contributed by atoms with Gasteiger partial charge < -0.3 is 9.31 Å². The van der Waals surface area contributed by atoms with Gasteiger partial charge in [0.1, 0.15) is 0 Å². The quantitative estimate of drug-likeness (QED) is 0.509. The van der Waals surface area contributed by atoms with Gasteiger partial charge in [0.2, 0.25) is 0 Å². The molecule has 1 rings (SSSR count). The summed E-state index contributed by atoms with van der Waals surface area (Å²) < 4.78 is 10.1. The summed E-state index contributed by atoms with van der Waals surface area (Å²) >= 11 is 0. The summed E-state index contributed by atoms with van der Waals surface area (Å²) in [6, 6.07) is 7.14. The summed E-state index contributed by atoms with van der Waals surface area (Å²) in [6.45, 7) is 6.77. The van der Waals surface area contributed by atoms with Crippen LogP contribution in [0, 0.1) is 6.57 Å². The molecule has 0 aliphatic heterocycles. The zero-order valence-electron chi connectivity index (χ0n) is 7.65. The standard InChI is InChI=1S/C9H10BNO2/c1-11-9-6-4-8(5-7-9)10(12-2)13-3/h4-7H,2-3H3. The average molecular weight is 175 g/mol. The van der Waals surface area contributed by atoms with Crippen LogP contribution < -0.4 is 5.46 Å². The molecule has 66 valence electrons. The van der Waals surface area contributed by atoms with Gasteiger partial charge in [0.15, 0.2) is 5.69 Å². The number of benzene rings is 1. The Hall–Kier alpha value is -1.31. The van der Waals surface area contributed by atoms with Crippen molar-refractivity contribution in [2.45, 2.75) is 0 Å². The molecule has 4 heteroatoms. The zero-order chi connectivity index (χ0) is 9.68. The highest BCUT2D eigenvalue weighted by molar-refractivity contribution is 6.61. The Labute approximate surface area is 78.2 Å². The molecule has 0 spiro atoms. The van der Waals surface area contributed by atoms with Crippen LogP contribution in [0.2, 0.25) is 0 Å². The van der Waals surface area contributed by atoms with Crippen LogP contribution in [0.5, 0.6) is 0 Å². The number of hydrogen-bond donors (Lipinski definition) is 0. The van der Waals surface area contributed by atoms with E-state index in [1.807, 2.05) is 12.1 Å². The van der Waals surface area contributed by atoms with Gasteiger partial charge in [-0.15, -0.1) is 0 Å². The topological polar surface area (TPSA) is 22.8 Å². The maximum absolute atomic E-state index is 6.77. The summed E-state index contributed by atoms with van der Waals surface area (Å²) in [7, 11) is 2.81. The third kappa shape index (κ3) is 2.31. The monoisotopic (exact) mass is 175 g/mol. The van der Waals surface area contributed by atoms with Gasteiger partial charge in [0, 0.05) is 14.2 Å². The van der Waals surface area contributed by atoms with Gasteiger partial charge in [-0.2, -0.15) is 0 Å². The van der Waals surface area contributed by atoms with Gasteiger partial charge in [-0.05, 0) is 5.46 Å². The molecule has 0 fully saturated rings. The third-order valence-corrected chi connectivity index (χ3v) is 1.72. The van der Waals surface area contributed by atoms with E-state index in [0.717, 1.165) is 5.46 Å². The minimum absolute atomic E-state index is 0.347. The predicted molar refractivity (Wildman–Crippen MR) is 52.1 cm³/mol. The van der Waals surface area contributed by atoms with Gasteiger partial charge in [0.25, 0.3) is 0 Å². The van der Waals surface area contributed by atoms with Gasteiger partial charge in [-0.3, -0.25) is 0 Å². The SMILES string of the molecule is [C-]#[N+]c1ccc(B(OC)OC)cc1. The summed E-state index contributed by atoms with van der Waals surface area (Å²) in [6.07, 6.45) is 0. The minimum atomic E-state index is -0.347. The molecule has 1 aromatic carbocycles. The normalized spacial score (nSPS) is 9.31. The number of hydrogen-bond acceptors (Lipinski definition) is 2. The van der Waals surface area contributed by atoms with Crippen LogP contribution in [0.3, 0.4) is 0 Å². The van der Waals surface area contributed by atoms with E-state index in [4.69, 9.17) is 15.9 Å². The first-order valence-electron chi connectivity index (χ1n) is 3.85. The van der Waals surface area contributed by atoms with Crippen molar-refractivity contribution in [3.63, 3.8) is 0 Å². The maximum Gasteiger partial charge on any atom is 0.493 e. The summed E-state index contributed by atoms with van der Waals surface area (Å²) in [5.41, 5.74) is 1.53. The molecule has 0 bridgehead atoms. The fraction of sp³-hybridized carbons (Fsp3) is 0.222. The lowest BCUT2D eigenvalue weighted by molar-refractivity contribution is 0.292. The lowest BCUT2D eigenvalue weighted by Gasteiger charge is -2.07. The molecule has 0 heterocycles. The van der Waals surface area contributed by atoms with Crippen molar-refractivity contribution >= 4 is 18.3 Å². The van der Waals surface area contributed by atoms with Gasteiger partial charge in [-0.1, -0.05) is 24.3 Å². The van der Waals surface area contributed by atoms with Crippen molar-refractivity contribution in [3.05, 3.63) is 35.7 Å². The Morgan fingerprint density at radius 2 is 1.69 bits per heavy atom. The van der Waals surface area contributed by atoms with Crippen molar-refractivity contribution in [1.29, 1.82) is 0 Å². The molecule has 0 amide bonds. The second-order valence-electron chi connectivity index (χ2n) is 2.51. The van der Waals surface area contributed by atoms with E-state index in [9.17, 15) is 0 Å². The van der Waals surface area contributed by atoms with E-state index in [1.165, 1.54) is 0 Å². The van der Waals surface area contributed by atoms with Crippen LogP contribution in [0.25, 0.3) is 4.85 Å². The molecule has 0 aliphatic rings. The Morgan fingerprint density at radius 3 is 2.08 bits per heavy atom. The molecule has 13 heavy (non-hydrogen) atoms. The molecule has 0 aliphatic carbocycles. The molecule has 0 N–H and O–H groups in total. The van der Waals surface area contributed by atoms with Crippen molar-refractivity contribution in [2.24, 2.45) is 0 Å². The van der Waals surface area contributed by atoms with Gasteiger partial charge >= 0.3 is 7.12 Å². The van der Waals surface area contributed by atoms with E-state index >= 15 is 0 Å². The first kappa shape index (κ1) is 9.78. The highest BCUT2D eigenvalue weighted by Crippen LogP contribution is 2.08. The minimum Gasteiger partial charge on any atom is -0.410 e. The van der Waals surface area contributed by atoms with E-state index in [2.05, 4.69) is 4.85 Å². The lowest BCUT2D eigenvalue weighted by Crippen LogP contribution is -2.34. The molecule has 1 aromatic rings. The zero-order valence-corrected chi connectivity index (χ0v) is 7.65. The lowest BCUT2D eigenvalue weighted by atomic mass is 9.79. The second kappa shape index (κ2) is 4.66. The van der Waals surface area contributed by atoms with Crippen molar-refractivity contribution in [1.82, 2.24) is 0 Å². The highest BCUT2D eigenvalue weighted by atomic mass is 16.6. The first-order chi connectivity index (χ1) is 6.31. The van der Waals surface area contributed by atoms with Crippen LogP contribution in [0.1, 0.15) is 0 Å². The molecule has 0 aromatic heterocycles. The van der Waals surface area contributed by atoms with Gasteiger partial charge in [-0.25, -0.2) is 4.85 Å². The van der Waals surface area contributed by atoms with Crippen LogP contribution in [-0.4, -0.2) is 21.3 Å². The summed E-state index contributed by atoms with van der Waals surface area (Å²) in [4.78, 5) is 3.29. The van der Waals surface area contributed by atoms with Crippen LogP contribution in [0.4, 0.5) is 5.69 Å². The Bertz CT molecular complexity index is 300. The summed E-state index contributed by atoms with van der Waals surface area (Å²) in [5, 5.41) is 0. The fourth-order valence-corrected chi connectivity index (χ4v) is 1.07. The number of rotatable bonds is 3. The third-order valence-electron chi connectivity index (χ3n) is 1.72. The van der Waals surface area contributed by atoms with E-state index in [-0.39, 0.29) is 7.12 Å². The maximum atomic E-state index is 6.77. The van der Waals surface area contributed by atoms with E-state index in [0.29, 0.717) is 5.69 Å². The van der Waals surface area contributed by atoms with E-state index < -0.39 is 0 Å². The van der Waals surface area contributed by atoms with Crippen LogP contribution in [0.15, 0.2) is 24.3 Å². The molecule has 3 nitrogen and oxygen atoms in total. The Balaban J connectivity index is 2.85. The molecular formula is C9H10BNO2. The van der Waals surface area contributed by atoms with Crippen LogP contribution in [-0.2, 0) is 9.31 Å². The second-order valence-corrected chi connectivity index (χ2v) is 2.51. The molecule has 0 unspecified atom stereocenters. The number of nitrogens with zero attached hydrogens (tertiary/aromatic N) is 1. The van der Waals surface area contributed by atoms with E-state index in [1.54, 1.807) is 26.4 Å².